The molecule has 0 amide bonds. The molecule has 0 radical (unpaired) electrons. The van der Waals surface area contributed by atoms with E-state index in [1.807, 2.05) is 24.3 Å². The van der Waals surface area contributed by atoms with Gasteiger partial charge < -0.3 is 14.8 Å². The largest absolute Gasteiger partial charge is 0.493 e. The summed E-state index contributed by atoms with van der Waals surface area (Å²) < 4.78 is 11.6. The van der Waals surface area contributed by atoms with E-state index in [1.54, 1.807) is 7.11 Å². The predicted molar refractivity (Wildman–Crippen MR) is 110 cm³/mol. The van der Waals surface area contributed by atoms with Crippen LogP contribution in [0.15, 0.2) is 46.9 Å². The number of nitrogens with zero attached hydrogens (tertiary/aromatic N) is 1. The van der Waals surface area contributed by atoms with Crippen LogP contribution in [0.2, 0.25) is 0 Å². The van der Waals surface area contributed by atoms with Crippen LogP contribution in [0.4, 0.5) is 0 Å². The molecular weight excluding hydrogens is 416 g/mol. The Morgan fingerprint density at radius 1 is 1.23 bits per heavy atom. The van der Waals surface area contributed by atoms with E-state index in [2.05, 4.69) is 52.4 Å². The first-order valence-electron chi connectivity index (χ1n) is 8.34. The summed E-state index contributed by atoms with van der Waals surface area (Å²) in [4.78, 5) is 0. The molecule has 2 rings (SSSR count). The Bertz CT molecular complexity index is 720. The first kappa shape index (κ1) is 22.3. The van der Waals surface area contributed by atoms with E-state index in [0.29, 0.717) is 24.1 Å². The van der Waals surface area contributed by atoms with Crippen molar-refractivity contribution in [2.24, 2.45) is 0 Å². The number of methoxy groups -OCH3 is 1. The number of halogens is 2. The lowest BCUT2D eigenvalue weighted by Crippen LogP contribution is -2.20. The molecule has 1 N–H and O–H groups in total. The smallest absolute Gasteiger partial charge is 0.176 e. The maximum absolute atomic E-state index is 8.70. The van der Waals surface area contributed by atoms with Gasteiger partial charge in [0.05, 0.1) is 11.6 Å². The molecule has 0 saturated carbocycles. The highest BCUT2D eigenvalue weighted by Gasteiger charge is 2.14. The molecule has 1 atom stereocenters. The molecule has 1 unspecified atom stereocenters. The van der Waals surface area contributed by atoms with Gasteiger partial charge in [0, 0.05) is 12.6 Å². The number of hydrogen-bond acceptors (Lipinski definition) is 4. The van der Waals surface area contributed by atoms with E-state index >= 15 is 0 Å². The summed E-state index contributed by atoms with van der Waals surface area (Å²) >= 11 is 3.51. The van der Waals surface area contributed by atoms with E-state index in [4.69, 9.17) is 14.7 Å². The zero-order chi connectivity index (χ0) is 18.1. The van der Waals surface area contributed by atoms with Crippen LogP contribution >= 0.6 is 28.3 Å². The normalized spacial score (nSPS) is 11.2. The van der Waals surface area contributed by atoms with Gasteiger partial charge in [-0.05, 0) is 45.6 Å². The van der Waals surface area contributed by atoms with E-state index in [-0.39, 0.29) is 19.0 Å². The van der Waals surface area contributed by atoms with Crippen LogP contribution in [0.3, 0.4) is 0 Å². The van der Waals surface area contributed by atoms with Gasteiger partial charge in [0.1, 0.15) is 6.07 Å². The number of nitrogens with one attached hydrogen (secondary N) is 1. The molecule has 0 aliphatic rings. The SMILES string of the molecule is CCCC(NCc1cc(Br)c(OCC#N)c(OC)c1)c1ccccc1.Cl. The van der Waals surface area contributed by atoms with Gasteiger partial charge in [0.25, 0.3) is 0 Å². The van der Waals surface area contributed by atoms with Crippen molar-refractivity contribution in [2.75, 3.05) is 13.7 Å². The van der Waals surface area contributed by atoms with Crippen molar-refractivity contribution in [1.82, 2.24) is 5.32 Å². The molecule has 26 heavy (non-hydrogen) atoms. The van der Waals surface area contributed by atoms with Gasteiger partial charge in [-0.1, -0.05) is 43.7 Å². The summed E-state index contributed by atoms with van der Waals surface area (Å²) in [5.41, 5.74) is 2.38. The van der Waals surface area contributed by atoms with Crippen LogP contribution in [-0.2, 0) is 6.54 Å². The zero-order valence-electron chi connectivity index (χ0n) is 15.0. The Morgan fingerprint density at radius 2 is 1.96 bits per heavy atom. The minimum atomic E-state index is -0.0147. The molecule has 0 aliphatic heterocycles. The predicted octanol–water partition coefficient (Wildman–Crippen LogP) is 5.41. The van der Waals surface area contributed by atoms with Crippen LogP contribution in [0.25, 0.3) is 0 Å². The molecule has 0 heterocycles. The maximum atomic E-state index is 8.70. The van der Waals surface area contributed by atoms with Crippen molar-refractivity contribution in [3.63, 3.8) is 0 Å². The Morgan fingerprint density at radius 3 is 2.58 bits per heavy atom. The van der Waals surface area contributed by atoms with E-state index in [1.165, 1.54) is 5.56 Å². The molecule has 0 spiro atoms. The highest BCUT2D eigenvalue weighted by atomic mass is 79.9. The topological polar surface area (TPSA) is 54.3 Å². The lowest BCUT2D eigenvalue weighted by molar-refractivity contribution is 0.327. The third-order valence-electron chi connectivity index (χ3n) is 3.90. The van der Waals surface area contributed by atoms with Gasteiger partial charge in [0.15, 0.2) is 18.1 Å². The fraction of sp³-hybridized carbons (Fsp3) is 0.350. The minimum absolute atomic E-state index is 0. The summed E-state index contributed by atoms with van der Waals surface area (Å²) in [5.74, 6) is 1.18. The van der Waals surface area contributed by atoms with Gasteiger partial charge in [0.2, 0.25) is 0 Å². The Labute approximate surface area is 170 Å². The van der Waals surface area contributed by atoms with E-state index in [9.17, 15) is 0 Å². The second-order valence-electron chi connectivity index (χ2n) is 5.69. The standard InChI is InChI=1S/C20H23BrN2O2.ClH/c1-3-7-18(16-8-5-4-6-9-16)23-14-15-12-17(21)20(25-11-10-22)19(13-15)24-2;/h4-6,8-9,12-13,18,23H,3,7,11,14H2,1-2H3;1H. The van der Waals surface area contributed by atoms with Crippen molar-refractivity contribution < 1.29 is 9.47 Å². The van der Waals surface area contributed by atoms with Crippen LogP contribution in [0, 0.1) is 11.3 Å². The molecule has 2 aromatic rings. The lowest BCUT2D eigenvalue weighted by atomic mass is 10.0. The number of nitriles is 1. The first-order chi connectivity index (χ1) is 12.2. The molecule has 4 nitrogen and oxygen atoms in total. The van der Waals surface area contributed by atoms with Crippen molar-refractivity contribution in [3.8, 4) is 17.6 Å². The Kier molecular flexibility index (Phi) is 10.1. The van der Waals surface area contributed by atoms with Crippen molar-refractivity contribution in [3.05, 3.63) is 58.1 Å². The average Bonchev–Trinajstić information content (AvgIpc) is 2.64. The third-order valence-corrected chi connectivity index (χ3v) is 4.49. The molecule has 6 heteroatoms. The second kappa shape index (κ2) is 11.8. The zero-order valence-corrected chi connectivity index (χ0v) is 17.4. The first-order valence-corrected chi connectivity index (χ1v) is 9.13. The van der Waals surface area contributed by atoms with Crippen molar-refractivity contribution in [1.29, 1.82) is 5.26 Å². The quantitative estimate of drug-likeness (QED) is 0.567. The van der Waals surface area contributed by atoms with Crippen molar-refractivity contribution in [2.45, 2.75) is 32.4 Å². The molecule has 0 aliphatic carbocycles. The number of benzene rings is 2. The average molecular weight is 440 g/mol. The van der Waals surface area contributed by atoms with Gasteiger partial charge in [-0.25, -0.2) is 0 Å². The van der Waals surface area contributed by atoms with E-state index in [0.717, 1.165) is 22.9 Å². The molecular formula is C20H24BrClN2O2. The van der Waals surface area contributed by atoms with Crippen LogP contribution in [0.1, 0.15) is 36.9 Å². The molecule has 2 aromatic carbocycles. The lowest BCUT2D eigenvalue weighted by Gasteiger charge is -2.19. The number of rotatable bonds is 9. The van der Waals surface area contributed by atoms with Gasteiger partial charge in [-0.3, -0.25) is 0 Å². The van der Waals surface area contributed by atoms with Gasteiger partial charge in [-0.2, -0.15) is 5.26 Å². The second-order valence-corrected chi connectivity index (χ2v) is 6.54. The highest BCUT2D eigenvalue weighted by molar-refractivity contribution is 9.10. The van der Waals surface area contributed by atoms with Crippen LogP contribution < -0.4 is 14.8 Å². The van der Waals surface area contributed by atoms with Crippen LogP contribution in [-0.4, -0.2) is 13.7 Å². The summed E-state index contributed by atoms with van der Waals surface area (Å²) in [6.07, 6.45) is 2.19. The molecule has 0 aromatic heterocycles. The monoisotopic (exact) mass is 438 g/mol. The summed E-state index contributed by atoms with van der Waals surface area (Å²) in [6.45, 7) is 2.89. The van der Waals surface area contributed by atoms with Crippen LogP contribution in [0.5, 0.6) is 11.5 Å². The fourth-order valence-corrected chi connectivity index (χ4v) is 3.33. The van der Waals surface area contributed by atoms with E-state index < -0.39 is 0 Å². The molecule has 0 fully saturated rings. The van der Waals surface area contributed by atoms with Gasteiger partial charge in [-0.15, -0.1) is 12.4 Å². The summed E-state index contributed by atoms with van der Waals surface area (Å²) in [7, 11) is 1.60. The molecule has 140 valence electrons. The molecule has 0 saturated heterocycles. The summed E-state index contributed by atoms with van der Waals surface area (Å²) in [5, 5.41) is 12.3. The van der Waals surface area contributed by atoms with Crippen molar-refractivity contribution >= 4 is 28.3 Å². The molecule has 0 bridgehead atoms. The Balaban J connectivity index is 0.00000338. The maximum Gasteiger partial charge on any atom is 0.176 e. The third kappa shape index (κ3) is 6.21. The van der Waals surface area contributed by atoms with Gasteiger partial charge >= 0.3 is 0 Å². The Hall–Kier alpha value is -1.74. The highest BCUT2D eigenvalue weighted by Crippen LogP contribution is 2.36. The summed E-state index contributed by atoms with van der Waals surface area (Å²) in [6, 6.07) is 16.7. The number of hydrogen-bond donors (Lipinski definition) is 1. The number of ether oxygens (including phenoxy) is 2. The fourth-order valence-electron chi connectivity index (χ4n) is 2.72. The minimum Gasteiger partial charge on any atom is -0.493 e.